The number of carbonyl (C=O) groups excluding carboxylic acids is 1. The molecule has 2 N–H and O–H groups in total. The number of benzene rings is 3. The molecular formula is C29H26N4O3. The highest BCUT2D eigenvalue weighted by molar-refractivity contribution is 5.89. The van der Waals surface area contributed by atoms with Crippen molar-refractivity contribution in [3.63, 3.8) is 0 Å². The Balaban J connectivity index is 1.55. The molecule has 0 atom stereocenters. The molecule has 0 fully saturated rings. The smallest absolute Gasteiger partial charge is 0.298 e. The maximum atomic E-state index is 13.6. The van der Waals surface area contributed by atoms with Crippen molar-refractivity contribution in [2.75, 3.05) is 12.5 Å². The topological polar surface area (TPSA) is 89.0 Å². The third kappa shape index (κ3) is 4.90. The summed E-state index contributed by atoms with van der Waals surface area (Å²) in [6.45, 7) is 0. The maximum Gasteiger partial charge on any atom is 0.298 e. The van der Waals surface area contributed by atoms with E-state index in [1.807, 2.05) is 78.9 Å². The van der Waals surface area contributed by atoms with E-state index in [0.717, 1.165) is 28.6 Å². The second-order valence-corrected chi connectivity index (χ2v) is 8.55. The van der Waals surface area contributed by atoms with Gasteiger partial charge in [0.05, 0.1) is 19.2 Å². The highest BCUT2D eigenvalue weighted by Gasteiger charge is 2.18. The Bertz CT molecular complexity index is 1560. The summed E-state index contributed by atoms with van der Waals surface area (Å²) < 4.78 is 6.68. The molecule has 1 amide bonds. The number of hydrogen-bond donors (Lipinski definition) is 2. The predicted molar refractivity (Wildman–Crippen MR) is 141 cm³/mol. The zero-order valence-electron chi connectivity index (χ0n) is 19.9. The van der Waals surface area contributed by atoms with Gasteiger partial charge in [-0.15, -0.1) is 0 Å². The van der Waals surface area contributed by atoms with Crippen molar-refractivity contribution in [1.82, 2.24) is 14.9 Å². The van der Waals surface area contributed by atoms with E-state index in [1.165, 1.54) is 10.2 Å². The molecule has 0 radical (unpaired) electrons. The molecule has 180 valence electrons. The van der Waals surface area contributed by atoms with Crippen LogP contribution in [0.2, 0.25) is 0 Å². The molecule has 0 unspecified atom stereocenters. The number of pyridine rings is 1. The Labute approximate surface area is 208 Å². The van der Waals surface area contributed by atoms with Crippen LogP contribution in [0.5, 0.6) is 5.75 Å². The number of aryl methyl sites for hydroxylation is 2. The lowest BCUT2D eigenvalue weighted by Crippen LogP contribution is -2.35. The zero-order valence-corrected chi connectivity index (χ0v) is 19.9. The van der Waals surface area contributed by atoms with Gasteiger partial charge in [-0.2, -0.15) is 5.10 Å². The number of hydrogen-bond acceptors (Lipinski definition) is 4. The number of ether oxygens (including phenoxy) is 1. The van der Waals surface area contributed by atoms with Gasteiger partial charge in [0, 0.05) is 16.6 Å². The molecule has 0 spiro atoms. The lowest BCUT2D eigenvalue weighted by molar-refractivity contribution is -0.116. The second-order valence-electron chi connectivity index (χ2n) is 8.55. The zero-order chi connectivity index (χ0) is 24.9. The number of carbonyl (C=O) groups is 1. The summed E-state index contributed by atoms with van der Waals surface area (Å²) in [5.41, 5.74) is 6.90. The predicted octanol–water partition coefficient (Wildman–Crippen LogP) is 4.50. The van der Waals surface area contributed by atoms with Gasteiger partial charge in [0.1, 0.15) is 5.75 Å². The number of fused-ring (bicyclic) bond motifs is 1. The van der Waals surface area contributed by atoms with Crippen LogP contribution in [0.4, 0.5) is 0 Å². The Morgan fingerprint density at radius 3 is 2.36 bits per heavy atom. The van der Waals surface area contributed by atoms with Crippen LogP contribution in [0.25, 0.3) is 22.2 Å². The van der Waals surface area contributed by atoms with Crippen molar-refractivity contribution in [2.45, 2.75) is 19.3 Å². The third-order valence-electron chi connectivity index (χ3n) is 6.13. The first-order valence-corrected chi connectivity index (χ1v) is 11.8. The average Bonchev–Trinajstić information content (AvgIpc) is 3.33. The number of nitrogens with zero attached hydrogens (tertiary/aromatic N) is 2. The minimum Gasteiger partial charge on any atom is -0.497 e. The molecule has 0 aliphatic heterocycles. The van der Waals surface area contributed by atoms with Crippen LogP contribution < -0.4 is 15.7 Å². The van der Waals surface area contributed by atoms with Gasteiger partial charge in [-0.25, -0.2) is 4.68 Å². The summed E-state index contributed by atoms with van der Waals surface area (Å²) >= 11 is 0. The maximum absolute atomic E-state index is 13.6. The lowest BCUT2D eigenvalue weighted by Gasteiger charge is -2.15. The molecular weight excluding hydrogens is 452 g/mol. The molecule has 5 aromatic rings. The summed E-state index contributed by atoms with van der Waals surface area (Å²) in [6.07, 6.45) is 1.65. The summed E-state index contributed by atoms with van der Waals surface area (Å²) in [7, 11) is 1.59. The molecule has 0 aliphatic rings. The van der Waals surface area contributed by atoms with E-state index in [0.29, 0.717) is 17.9 Å². The van der Waals surface area contributed by atoms with Crippen LogP contribution in [0.15, 0.2) is 95.8 Å². The highest BCUT2D eigenvalue weighted by atomic mass is 16.5. The molecule has 0 saturated heterocycles. The molecule has 0 bridgehead atoms. The van der Waals surface area contributed by atoms with E-state index in [9.17, 15) is 9.59 Å². The molecule has 2 aromatic heterocycles. The van der Waals surface area contributed by atoms with Crippen molar-refractivity contribution < 1.29 is 9.53 Å². The van der Waals surface area contributed by atoms with Crippen LogP contribution in [-0.2, 0) is 24.1 Å². The molecule has 0 aliphatic carbocycles. The molecule has 5 rings (SSSR count). The molecule has 7 nitrogen and oxygen atoms in total. The van der Waals surface area contributed by atoms with Gasteiger partial charge >= 0.3 is 0 Å². The minimum atomic E-state index is -0.394. The van der Waals surface area contributed by atoms with Crippen molar-refractivity contribution in [1.29, 1.82) is 0 Å². The first-order chi connectivity index (χ1) is 17.6. The van der Waals surface area contributed by atoms with E-state index in [-0.39, 0.29) is 17.8 Å². The van der Waals surface area contributed by atoms with E-state index in [1.54, 1.807) is 7.11 Å². The van der Waals surface area contributed by atoms with Gasteiger partial charge < -0.3 is 4.74 Å². The van der Waals surface area contributed by atoms with Gasteiger partial charge in [0.2, 0.25) is 5.91 Å². The van der Waals surface area contributed by atoms with Gasteiger partial charge in [-0.1, -0.05) is 72.8 Å². The van der Waals surface area contributed by atoms with Crippen LogP contribution in [0, 0.1) is 0 Å². The van der Waals surface area contributed by atoms with Crippen molar-refractivity contribution in [3.8, 4) is 17.0 Å². The fraction of sp³-hybridized carbons (Fsp3) is 0.138. The molecule has 2 heterocycles. The number of rotatable bonds is 8. The number of aromatic amines is 1. The number of aromatic nitrogens is 3. The summed E-state index contributed by atoms with van der Waals surface area (Å²) in [4.78, 5) is 26.5. The SMILES string of the molecule is COc1cccc(-c2cc3c(CCc4ccccc4)[nH]nc3c(=O)n2NC(=O)Cc2ccccc2)c1. The number of nitrogens with one attached hydrogen (secondary N) is 2. The van der Waals surface area contributed by atoms with E-state index in [2.05, 4.69) is 27.8 Å². The van der Waals surface area contributed by atoms with Crippen molar-refractivity contribution in [3.05, 3.63) is 118 Å². The van der Waals surface area contributed by atoms with E-state index in [4.69, 9.17) is 4.74 Å². The fourth-order valence-electron chi connectivity index (χ4n) is 4.28. The van der Waals surface area contributed by atoms with E-state index < -0.39 is 5.56 Å². The van der Waals surface area contributed by atoms with Crippen molar-refractivity contribution >= 4 is 16.8 Å². The monoisotopic (exact) mass is 478 g/mol. The Hall–Kier alpha value is -4.65. The standard InChI is InChI=1S/C29H26N4O3/c1-36-23-14-8-13-22(18-23)26-19-24-25(16-15-20-9-4-2-5-10-20)30-31-28(24)29(35)33(26)32-27(34)17-21-11-6-3-7-12-21/h2-14,18-19H,15-17H2,1H3,(H,30,31)(H,32,34). The van der Waals surface area contributed by atoms with Gasteiger partial charge in [-0.05, 0) is 42.2 Å². The fourth-order valence-corrected chi connectivity index (χ4v) is 4.28. The summed E-state index contributed by atoms with van der Waals surface area (Å²) in [5.74, 6) is 0.352. The average molecular weight is 479 g/mol. The molecule has 3 aromatic carbocycles. The summed E-state index contributed by atoms with van der Waals surface area (Å²) in [6, 6.07) is 28.9. The first kappa shape index (κ1) is 23.1. The van der Waals surface area contributed by atoms with E-state index >= 15 is 0 Å². The lowest BCUT2D eigenvalue weighted by atomic mass is 10.0. The Kier molecular flexibility index (Phi) is 6.62. The van der Waals surface area contributed by atoms with Gasteiger partial charge in [0.25, 0.3) is 5.56 Å². The molecule has 0 saturated carbocycles. The molecule has 36 heavy (non-hydrogen) atoms. The van der Waals surface area contributed by atoms with Crippen LogP contribution in [-0.4, -0.2) is 27.9 Å². The third-order valence-corrected chi connectivity index (χ3v) is 6.13. The quantitative estimate of drug-likeness (QED) is 0.344. The number of methoxy groups -OCH3 is 1. The molecule has 7 heteroatoms. The van der Waals surface area contributed by atoms with Gasteiger partial charge in [-0.3, -0.25) is 20.1 Å². The van der Waals surface area contributed by atoms with Crippen LogP contribution in [0.3, 0.4) is 0 Å². The van der Waals surface area contributed by atoms with Crippen molar-refractivity contribution in [2.24, 2.45) is 0 Å². The minimum absolute atomic E-state index is 0.145. The van der Waals surface area contributed by atoms with Crippen LogP contribution in [0.1, 0.15) is 16.8 Å². The Morgan fingerprint density at radius 1 is 0.917 bits per heavy atom. The number of H-pyrrole nitrogens is 1. The normalized spacial score (nSPS) is 10.9. The highest BCUT2D eigenvalue weighted by Crippen LogP contribution is 2.26. The Morgan fingerprint density at radius 2 is 1.64 bits per heavy atom. The second kappa shape index (κ2) is 10.3. The summed E-state index contributed by atoms with van der Waals surface area (Å²) in [5, 5.41) is 8.10. The number of amides is 1. The van der Waals surface area contributed by atoms with Gasteiger partial charge in [0.15, 0.2) is 5.52 Å². The van der Waals surface area contributed by atoms with Crippen LogP contribution >= 0.6 is 0 Å². The first-order valence-electron chi connectivity index (χ1n) is 11.8. The largest absolute Gasteiger partial charge is 0.497 e.